The molecule has 1 aliphatic rings. The topological polar surface area (TPSA) is 56.3 Å². The van der Waals surface area contributed by atoms with Gasteiger partial charge in [0.05, 0.1) is 7.11 Å². The predicted molar refractivity (Wildman–Crippen MR) is 47.7 cm³/mol. The number of Topliss-reactive ketones (excluding diaryl/α,β-unsaturated/α-hetero) is 1. The van der Waals surface area contributed by atoms with Crippen molar-refractivity contribution in [1.82, 2.24) is 4.98 Å². The van der Waals surface area contributed by atoms with Crippen LogP contribution in [-0.2, 0) is 20.7 Å². The number of rotatable bonds is 1. The molecule has 0 aromatic carbocycles. The fraction of sp³-hybridized carbons (Fsp3) is 0.300. The van der Waals surface area contributed by atoms with Gasteiger partial charge in [0.25, 0.3) is 0 Å². The number of esters is 1. The second-order valence-corrected chi connectivity index (χ2v) is 3.17. The van der Waals surface area contributed by atoms with Crippen LogP contribution in [0.1, 0.15) is 17.0 Å². The van der Waals surface area contributed by atoms with Gasteiger partial charge in [-0.25, -0.2) is 0 Å². The van der Waals surface area contributed by atoms with E-state index in [0.717, 1.165) is 11.1 Å². The number of carbonyl (C=O) groups is 2. The number of ketones is 1. The zero-order valence-corrected chi connectivity index (χ0v) is 7.69. The van der Waals surface area contributed by atoms with Gasteiger partial charge in [0.1, 0.15) is 5.92 Å². The minimum atomic E-state index is -0.738. The molecule has 0 N–H and O–H groups in total. The Morgan fingerprint density at radius 2 is 2.43 bits per heavy atom. The van der Waals surface area contributed by atoms with Crippen molar-refractivity contribution in [2.45, 2.75) is 12.3 Å². The van der Waals surface area contributed by atoms with Gasteiger partial charge in [-0.15, -0.1) is 0 Å². The summed E-state index contributed by atoms with van der Waals surface area (Å²) in [5, 5.41) is 0. The van der Waals surface area contributed by atoms with Crippen LogP contribution < -0.4 is 0 Å². The lowest BCUT2D eigenvalue weighted by Gasteiger charge is -2.06. The Kier molecular flexibility index (Phi) is 2.04. The molecule has 4 nitrogen and oxygen atoms in total. The summed E-state index contributed by atoms with van der Waals surface area (Å²) in [7, 11) is 1.29. The second kappa shape index (κ2) is 3.21. The molecule has 14 heavy (non-hydrogen) atoms. The van der Waals surface area contributed by atoms with Crippen LogP contribution in [0.25, 0.3) is 0 Å². The molecule has 2 rings (SSSR count). The highest BCUT2D eigenvalue weighted by molar-refractivity contribution is 6.08. The molecule has 0 saturated carbocycles. The van der Waals surface area contributed by atoms with E-state index in [1.54, 1.807) is 18.5 Å². The molecule has 0 spiro atoms. The van der Waals surface area contributed by atoms with Crippen LogP contribution in [0.4, 0.5) is 0 Å². The molecule has 0 radical (unpaired) electrons. The lowest BCUT2D eigenvalue weighted by molar-refractivity contribution is -0.145. The van der Waals surface area contributed by atoms with Gasteiger partial charge in [-0.1, -0.05) is 0 Å². The van der Waals surface area contributed by atoms with Crippen molar-refractivity contribution in [2.24, 2.45) is 0 Å². The highest BCUT2D eigenvalue weighted by Gasteiger charge is 2.36. The van der Waals surface area contributed by atoms with E-state index in [0.29, 0.717) is 0 Å². The van der Waals surface area contributed by atoms with Crippen molar-refractivity contribution in [3.63, 3.8) is 0 Å². The molecule has 0 aliphatic heterocycles. The van der Waals surface area contributed by atoms with E-state index in [-0.39, 0.29) is 12.2 Å². The van der Waals surface area contributed by atoms with Gasteiger partial charge in [0.15, 0.2) is 5.78 Å². The molecule has 0 saturated heterocycles. The quantitative estimate of drug-likeness (QED) is 0.478. The molecule has 1 aromatic rings. The zero-order valence-electron chi connectivity index (χ0n) is 7.69. The minimum absolute atomic E-state index is 0.111. The number of ether oxygens (including phenoxy) is 1. The molecule has 72 valence electrons. The summed E-state index contributed by atoms with van der Waals surface area (Å²) in [6, 6.07) is 1.70. The fourth-order valence-electron chi connectivity index (χ4n) is 1.71. The molecule has 0 bridgehead atoms. The monoisotopic (exact) mass is 191 g/mol. The van der Waals surface area contributed by atoms with Crippen molar-refractivity contribution in [1.29, 1.82) is 0 Å². The van der Waals surface area contributed by atoms with Crippen LogP contribution in [-0.4, -0.2) is 23.8 Å². The number of fused-ring (bicyclic) bond motifs is 1. The lowest BCUT2D eigenvalue weighted by atomic mass is 10.0. The molecule has 4 heteroatoms. The lowest BCUT2D eigenvalue weighted by Crippen LogP contribution is -2.18. The van der Waals surface area contributed by atoms with E-state index in [4.69, 9.17) is 0 Å². The van der Waals surface area contributed by atoms with Crippen molar-refractivity contribution in [2.75, 3.05) is 7.11 Å². The molecular formula is C10H9NO3. The van der Waals surface area contributed by atoms with E-state index >= 15 is 0 Å². The summed E-state index contributed by atoms with van der Waals surface area (Å²) in [6.45, 7) is 0. The maximum absolute atomic E-state index is 11.5. The molecule has 1 unspecified atom stereocenters. The van der Waals surface area contributed by atoms with Crippen LogP contribution in [0, 0.1) is 0 Å². The number of nitrogens with zero attached hydrogens (tertiary/aromatic N) is 1. The number of hydrogen-bond acceptors (Lipinski definition) is 4. The Morgan fingerprint density at radius 1 is 1.64 bits per heavy atom. The third-order valence-electron chi connectivity index (χ3n) is 2.38. The zero-order chi connectivity index (χ0) is 10.1. The molecule has 1 heterocycles. The number of methoxy groups -OCH3 is 1. The van der Waals surface area contributed by atoms with Gasteiger partial charge in [-0.2, -0.15) is 0 Å². The number of pyridine rings is 1. The molecule has 0 amide bonds. The summed E-state index contributed by atoms with van der Waals surface area (Å²) in [5.41, 5.74) is 1.56. The summed E-state index contributed by atoms with van der Waals surface area (Å²) >= 11 is 0. The summed E-state index contributed by atoms with van der Waals surface area (Å²) in [6.07, 6.45) is 3.48. The first-order valence-electron chi connectivity index (χ1n) is 4.27. The third kappa shape index (κ3) is 1.19. The van der Waals surface area contributed by atoms with Gasteiger partial charge in [-0.05, 0) is 17.2 Å². The van der Waals surface area contributed by atoms with Gasteiger partial charge in [0.2, 0.25) is 0 Å². The van der Waals surface area contributed by atoms with E-state index in [2.05, 4.69) is 9.72 Å². The normalized spacial score (nSPS) is 19.2. The maximum atomic E-state index is 11.5. The van der Waals surface area contributed by atoms with E-state index < -0.39 is 11.9 Å². The van der Waals surface area contributed by atoms with Gasteiger partial charge in [0, 0.05) is 18.8 Å². The Balaban J connectivity index is 2.44. The highest BCUT2D eigenvalue weighted by Crippen LogP contribution is 2.30. The molecule has 0 fully saturated rings. The third-order valence-corrected chi connectivity index (χ3v) is 2.38. The Bertz CT molecular complexity index is 392. The average Bonchev–Trinajstić information content (AvgIpc) is 2.53. The molecular weight excluding hydrogens is 182 g/mol. The van der Waals surface area contributed by atoms with E-state index in [1.165, 1.54) is 7.11 Å². The first-order chi connectivity index (χ1) is 6.74. The maximum Gasteiger partial charge on any atom is 0.320 e. The van der Waals surface area contributed by atoms with E-state index in [9.17, 15) is 9.59 Å². The number of aromatic nitrogens is 1. The highest BCUT2D eigenvalue weighted by atomic mass is 16.5. The van der Waals surface area contributed by atoms with Crippen molar-refractivity contribution in [3.05, 3.63) is 29.6 Å². The first kappa shape index (κ1) is 8.87. The van der Waals surface area contributed by atoms with Crippen molar-refractivity contribution < 1.29 is 14.3 Å². The first-order valence-corrected chi connectivity index (χ1v) is 4.27. The molecule has 1 aromatic heterocycles. The smallest absolute Gasteiger partial charge is 0.320 e. The second-order valence-electron chi connectivity index (χ2n) is 3.17. The minimum Gasteiger partial charge on any atom is -0.468 e. The van der Waals surface area contributed by atoms with E-state index in [1.807, 2.05) is 0 Å². The SMILES string of the molecule is COC(=O)C1C(=O)Cc2cnccc21. The Labute approximate surface area is 80.9 Å². The number of carbonyl (C=O) groups excluding carboxylic acids is 2. The summed E-state index contributed by atoms with van der Waals surface area (Å²) in [4.78, 5) is 26.7. The van der Waals surface area contributed by atoms with Gasteiger partial charge < -0.3 is 4.74 Å². The molecule has 1 atom stereocenters. The van der Waals surface area contributed by atoms with Crippen LogP contribution in [0.5, 0.6) is 0 Å². The molecule has 1 aliphatic carbocycles. The predicted octanol–water partition coefficient (Wildman–Crippen LogP) is 0.463. The summed E-state index contributed by atoms with van der Waals surface area (Å²) in [5.74, 6) is -1.34. The van der Waals surface area contributed by atoms with Gasteiger partial charge in [-0.3, -0.25) is 14.6 Å². The van der Waals surface area contributed by atoms with Crippen LogP contribution in [0.2, 0.25) is 0 Å². The largest absolute Gasteiger partial charge is 0.468 e. The fourth-order valence-corrected chi connectivity index (χ4v) is 1.71. The summed E-state index contributed by atoms with van der Waals surface area (Å²) < 4.78 is 4.58. The Morgan fingerprint density at radius 3 is 3.14 bits per heavy atom. The average molecular weight is 191 g/mol. The van der Waals surface area contributed by atoms with Crippen molar-refractivity contribution >= 4 is 11.8 Å². The van der Waals surface area contributed by atoms with Gasteiger partial charge >= 0.3 is 5.97 Å². The standard InChI is InChI=1S/C10H9NO3/c1-14-10(13)9-7-2-3-11-5-6(7)4-8(9)12/h2-3,5,9H,4H2,1H3. The Hall–Kier alpha value is -1.71. The van der Waals surface area contributed by atoms with Crippen molar-refractivity contribution in [3.8, 4) is 0 Å². The van der Waals surface area contributed by atoms with Crippen LogP contribution >= 0.6 is 0 Å². The van der Waals surface area contributed by atoms with Crippen LogP contribution in [0.3, 0.4) is 0 Å². The number of hydrogen-bond donors (Lipinski definition) is 0. The van der Waals surface area contributed by atoms with Crippen LogP contribution in [0.15, 0.2) is 18.5 Å².